The molecule has 0 fully saturated rings. The molecule has 0 radical (unpaired) electrons. The highest BCUT2D eigenvalue weighted by Gasteiger charge is 2.21. The van der Waals surface area contributed by atoms with Crippen LogP contribution in [0.25, 0.3) is 0 Å². The quantitative estimate of drug-likeness (QED) is 0.206. The summed E-state index contributed by atoms with van der Waals surface area (Å²) in [7, 11) is 0.741. The molecule has 0 bridgehead atoms. The topological polar surface area (TPSA) is 0 Å². The molecule has 160 valence electrons. The minimum absolute atomic E-state index is 0.0590. The van der Waals surface area contributed by atoms with Crippen molar-refractivity contribution in [3.63, 3.8) is 0 Å². The lowest BCUT2D eigenvalue weighted by Crippen LogP contribution is -2.11. The Kier molecular flexibility index (Phi) is 12.2. The highest BCUT2D eigenvalue weighted by Crippen LogP contribution is 2.36. The molecule has 0 aliphatic rings. The number of hydrogen-bond donors (Lipinski definition) is 1. The smallest absolute Gasteiger partial charge is 0.144 e. The monoisotopic (exact) mass is 426 g/mol. The predicted molar refractivity (Wildman–Crippen MR) is 147 cm³/mol. The molecular formula is C29H35BS. The highest BCUT2D eigenvalue weighted by molar-refractivity contribution is 7.85. The van der Waals surface area contributed by atoms with Crippen LogP contribution in [-0.2, 0) is 0 Å². The van der Waals surface area contributed by atoms with Crippen LogP contribution in [0, 0.1) is 6.92 Å². The summed E-state index contributed by atoms with van der Waals surface area (Å²) in [5, 5.41) is 0. The zero-order valence-electron chi connectivity index (χ0n) is 19.4. The molecule has 0 aliphatic heterocycles. The molecule has 1 rings (SSSR count). The molecule has 0 aromatic heterocycles. The molecule has 0 aliphatic carbocycles. The summed E-state index contributed by atoms with van der Waals surface area (Å²) in [6.07, 6.45) is 20.2. The first-order valence-electron chi connectivity index (χ1n) is 10.6. The number of benzene rings is 1. The Hall–Kier alpha value is -2.71. The van der Waals surface area contributed by atoms with E-state index in [1.54, 1.807) is 0 Å². The van der Waals surface area contributed by atoms with Crippen molar-refractivity contribution in [2.24, 2.45) is 0 Å². The van der Waals surface area contributed by atoms with Gasteiger partial charge in [0, 0.05) is 5.92 Å². The van der Waals surface area contributed by atoms with Crippen molar-refractivity contribution in [3.05, 3.63) is 143 Å². The number of hydrogen-bond acceptors (Lipinski definition) is 1. The SMILES string of the molecule is C=C/C=C\C(=C/C)C(/C(C=C)=C(BC(=C/C=C)/C(S)=C\C)/C=C\C)c1cccc(C)c1. The number of allylic oxidation sites excluding steroid dienone is 14. The molecule has 1 atom stereocenters. The van der Waals surface area contributed by atoms with Crippen molar-refractivity contribution < 1.29 is 0 Å². The van der Waals surface area contributed by atoms with Crippen LogP contribution in [0.15, 0.2) is 132 Å². The molecule has 0 saturated heterocycles. The summed E-state index contributed by atoms with van der Waals surface area (Å²) in [4.78, 5) is 0.954. The Morgan fingerprint density at radius 3 is 2.29 bits per heavy atom. The fourth-order valence-corrected chi connectivity index (χ4v) is 3.75. The molecule has 0 nitrogen and oxygen atoms in total. The van der Waals surface area contributed by atoms with Gasteiger partial charge < -0.3 is 0 Å². The molecule has 1 aromatic rings. The van der Waals surface area contributed by atoms with Crippen molar-refractivity contribution in [1.29, 1.82) is 0 Å². The van der Waals surface area contributed by atoms with Crippen LogP contribution in [0.4, 0.5) is 0 Å². The molecule has 0 N–H and O–H groups in total. The van der Waals surface area contributed by atoms with Gasteiger partial charge in [0.25, 0.3) is 0 Å². The number of thiol groups is 1. The van der Waals surface area contributed by atoms with Crippen LogP contribution in [0.5, 0.6) is 0 Å². The van der Waals surface area contributed by atoms with Gasteiger partial charge in [-0.3, -0.25) is 0 Å². The van der Waals surface area contributed by atoms with Gasteiger partial charge in [-0.15, -0.1) is 12.6 Å². The zero-order chi connectivity index (χ0) is 23.2. The Balaban J connectivity index is 3.85. The Morgan fingerprint density at radius 1 is 1.03 bits per heavy atom. The van der Waals surface area contributed by atoms with Gasteiger partial charge in [0.2, 0.25) is 0 Å². The van der Waals surface area contributed by atoms with Gasteiger partial charge in [-0.2, -0.15) is 0 Å². The second-order valence-electron chi connectivity index (χ2n) is 7.19. The molecule has 2 heteroatoms. The predicted octanol–water partition coefficient (Wildman–Crippen LogP) is 8.12. The van der Waals surface area contributed by atoms with Crippen LogP contribution >= 0.6 is 12.6 Å². The maximum atomic E-state index is 4.68. The van der Waals surface area contributed by atoms with Gasteiger partial charge in [-0.05, 0) is 49.3 Å². The standard InChI is InChI=1S/C29H35BS/c1-8-14-19-23(11-4)29(24-20-15-18-22(7)21-24)25(12-5)26(16-9-2)30-27(17-10-3)28(31)13-6/h8-21,29-31H,1,3,5H2,2,4,6-7H3/b16-9-,19-14-,23-11+,26-25-,27-17+,28-13+. The normalized spacial score (nSPS) is 15.1. The van der Waals surface area contributed by atoms with E-state index in [0.717, 1.165) is 17.7 Å². The summed E-state index contributed by atoms with van der Waals surface area (Å²) in [5.41, 5.74) is 7.19. The van der Waals surface area contributed by atoms with Crippen molar-refractivity contribution in [1.82, 2.24) is 0 Å². The lowest BCUT2D eigenvalue weighted by molar-refractivity contribution is 0.967. The summed E-state index contributed by atoms with van der Waals surface area (Å²) in [5.74, 6) is 0.0590. The van der Waals surface area contributed by atoms with Gasteiger partial charge in [-0.25, -0.2) is 0 Å². The fraction of sp³-hybridized carbons (Fsp3) is 0.172. The third-order valence-electron chi connectivity index (χ3n) is 5.04. The van der Waals surface area contributed by atoms with E-state index in [2.05, 4.69) is 94.8 Å². The van der Waals surface area contributed by atoms with E-state index < -0.39 is 0 Å². The van der Waals surface area contributed by atoms with E-state index in [0.29, 0.717) is 0 Å². The maximum absolute atomic E-state index is 4.68. The molecule has 0 amide bonds. The first kappa shape index (κ1) is 26.3. The summed E-state index contributed by atoms with van der Waals surface area (Å²) in [6.45, 7) is 20.2. The Labute approximate surface area is 196 Å². The van der Waals surface area contributed by atoms with Gasteiger partial charge >= 0.3 is 0 Å². The van der Waals surface area contributed by atoms with E-state index in [1.165, 1.54) is 27.7 Å². The van der Waals surface area contributed by atoms with Crippen molar-refractivity contribution in [2.45, 2.75) is 33.6 Å². The van der Waals surface area contributed by atoms with Crippen LogP contribution in [-0.4, -0.2) is 7.28 Å². The second-order valence-corrected chi connectivity index (χ2v) is 7.68. The van der Waals surface area contributed by atoms with Crippen LogP contribution in [0.1, 0.15) is 37.8 Å². The highest BCUT2D eigenvalue weighted by atomic mass is 32.1. The third kappa shape index (κ3) is 7.81. The first-order valence-corrected chi connectivity index (χ1v) is 11.1. The summed E-state index contributed by atoms with van der Waals surface area (Å²) >= 11 is 4.68. The molecule has 1 aromatic carbocycles. The zero-order valence-corrected chi connectivity index (χ0v) is 20.3. The largest absolute Gasteiger partial charge is 0.194 e. The van der Waals surface area contributed by atoms with Gasteiger partial charge in [0.1, 0.15) is 0 Å². The average molecular weight is 426 g/mol. The lowest BCUT2D eigenvalue weighted by Gasteiger charge is -2.24. The number of aryl methyl sites for hydroxylation is 1. The minimum atomic E-state index is 0.0590. The van der Waals surface area contributed by atoms with Crippen molar-refractivity contribution in [2.75, 3.05) is 0 Å². The van der Waals surface area contributed by atoms with Gasteiger partial charge in [-0.1, -0.05) is 121 Å². The van der Waals surface area contributed by atoms with E-state index in [-0.39, 0.29) is 5.92 Å². The lowest BCUT2D eigenvalue weighted by atomic mass is 9.58. The van der Waals surface area contributed by atoms with E-state index in [1.807, 2.05) is 50.3 Å². The van der Waals surface area contributed by atoms with E-state index >= 15 is 0 Å². The summed E-state index contributed by atoms with van der Waals surface area (Å²) < 4.78 is 0. The van der Waals surface area contributed by atoms with Gasteiger partial charge in [0.05, 0.1) is 0 Å². The van der Waals surface area contributed by atoms with Crippen LogP contribution in [0.2, 0.25) is 0 Å². The molecule has 31 heavy (non-hydrogen) atoms. The molecule has 0 saturated carbocycles. The van der Waals surface area contributed by atoms with Crippen LogP contribution < -0.4 is 0 Å². The van der Waals surface area contributed by atoms with Crippen molar-refractivity contribution in [3.8, 4) is 0 Å². The number of rotatable bonds is 11. The van der Waals surface area contributed by atoms with Crippen molar-refractivity contribution >= 4 is 19.9 Å². The van der Waals surface area contributed by atoms with E-state index in [9.17, 15) is 0 Å². The molecule has 0 spiro atoms. The summed E-state index contributed by atoms with van der Waals surface area (Å²) in [6, 6.07) is 8.69. The van der Waals surface area contributed by atoms with E-state index in [4.69, 9.17) is 0 Å². The maximum Gasteiger partial charge on any atom is 0.194 e. The average Bonchev–Trinajstić information content (AvgIpc) is 2.77. The second kappa shape index (κ2) is 14.3. The molecule has 1 unspecified atom stereocenters. The van der Waals surface area contributed by atoms with Crippen LogP contribution in [0.3, 0.4) is 0 Å². The third-order valence-corrected chi connectivity index (χ3v) is 5.58. The molecule has 0 heterocycles. The van der Waals surface area contributed by atoms with Gasteiger partial charge in [0.15, 0.2) is 7.28 Å². The Morgan fingerprint density at radius 2 is 1.77 bits per heavy atom. The Bertz CT molecular complexity index is 964. The minimum Gasteiger partial charge on any atom is -0.144 e. The fourth-order valence-electron chi connectivity index (χ4n) is 3.60. The first-order chi connectivity index (χ1) is 15.0. The molecular weight excluding hydrogens is 391 g/mol.